The Bertz CT molecular complexity index is 1560. The van der Waals surface area contributed by atoms with Gasteiger partial charge in [0.1, 0.15) is 28.4 Å². The standard InChI is InChI=1S/C22H16O7/c1-7-13-18-16(22(28)14(8(2)23)21(13)27)10(25)6-12-17(18)19(20(7)26)15-9(24)4-3-5-11(15)29-12/h3-7,20,23,26-28H,1-2H3/b14-8-/t7-,20+/m1/s1. The van der Waals surface area contributed by atoms with Gasteiger partial charge in [0.05, 0.1) is 22.1 Å². The van der Waals surface area contributed by atoms with Crippen LogP contribution in [-0.2, 0) is 0 Å². The molecule has 0 fully saturated rings. The lowest BCUT2D eigenvalue weighted by molar-refractivity contribution is 0.152. The summed E-state index contributed by atoms with van der Waals surface area (Å²) in [6.45, 7) is 2.92. The highest BCUT2D eigenvalue weighted by Crippen LogP contribution is 2.50. The lowest BCUT2D eigenvalue weighted by Gasteiger charge is -2.30. The molecule has 0 unspecified atom stereocenters. The van der Waals surface area contributed by atoms with Gasteiger partial charge in [0, 0.05) is 33.9 Å². The van der Waals surface area contributed by atoms with E-state index in [4.69, 9.17) is 4.42 Å². The van der Waals surface area contributed by atoms with E-state index in [2.05, 4.69) is 0 Å². The largest absolute Gasteiger partial charge is 0.512 e. The third-order valence-electron chi connectivity index (χ3n) is 5.82. The Hall–Kier alpha value is -3.58. The van der Waals surface area contributed by atoms with Gasteiger partial charge >= 0.3 is 0 Å². The van der Waals surface area contributed by atoms with Gasteiger partial charge < -0.3 is 24.8 Å². The average Bonchev–Trinajstić information content (AvgIpc) is 2.64. The molecule has 0 saturated heterocycles. The van der Waals surface area contributed by atoms with Crippen LogP contribution in [0.3, 0.4) is 0 Å². The summed E-state index contributed by atoms with van der Waals surface area (Å²) in [4.78, 5) is 25.4. The van der Waals surface area contributed by atoms with E-state index < -0.39 is 28.9 Å². The number of rotatable bonds is 0. The van der Waals surface area contributed by atoms with Crippen molar-refractivity contribution in [1.82, 2.24) is 0 Å². The minimum Gasteiger partial charge on any atom is -0.512 e. The normalized spacial score (nSPS) is 19.4. The van der Waals surface area contributed by atoms with Gasteiger partial charge in [-0.2, -0.15) is 0 Å². The summed E-state index contributed by atoms with van der Waals surface area (Å²) in [6.07, 6.45) is -1.18. The van der Waals surface area contributed by atoms with Crippen LogP contribution in [0.5, 0.6) is 11.5 Å². The molecular weight excluding hydrogens is 376 g/mol. The molecule has 0 saturated carbocycles. The zero-order chi connectivity index (χ0) is 20.8. The van der Waals surface area contributed by atoms with Gasteiger partial charge in [-0.15, -0.1) is 0 Å². The van der Waals surface area contributed by atoms with Crippen LogP contribution in [0.1, 0.15) is 37.0 Å². The lowest BCUT2D eigenvalue weighted by Crippen LogP contribution is -2.22. The summed E-state index contributed by atoms with van der Waals surface area (Å²) >= 11 is 0. The molecule has 29 heavy (non-hydrogen) atoms. The minimum atomic E-state index is -1.18. The molecule has 1 aromatic heterocycles. The monoisotopic (exact) mass is 392 g/mol. The van der Waals surface area contributed by atoms with E-state index in [9.17, 15) is 30.0 Å². The minimum absolute atomic E-state index is 0.105. The van der Waals surface area contributed by atoms with Crippen molar-refractivity contribution in [3.63, 3.8) is 0 Å². The number of phenols is 2. The van der Waals surface area contributed by atoms with Crippen LogP contribution in [0.2, 0.25) is 0 Å². The number of aliphatic hydroxyl groups is 2. The number of aromatic hydroxyl groups is 2. The SMILES string of the molecule is C/C(O)=c1\c(O)c2c3c(c1O)c(=O)cc1oc4cccc(=O)c4c(c13)[C@@H](O)[C@@H]2C. The van der Waals surface area contributed by atoms with Crippen molar-refractivity contribution in [2.24, 2.45) is 0 Å². The molecule has 1 heterocycles. The van der Waals surface area contributed by atoms with Crippen LogP contribution in [0.4, 0.5) is 0 Å². The van der Waals surface area contributed by atoms with Crippen LogP contribution in [0, 0.1) is 0 Å². The van der Waals surface area contributed by atoms with Gasteiger partial charge in [-0.3, -0.25) is 9.59 Å². The third kappa shape index (κ3) is 2.00. The number of phenolic OH excluding ortho intramolecular Hbond substituents is 2. The van der Waals surface area contributed by atoms with Crippen molar-refractivity contribution in [1.29, 1.82) is 0 Å². The summed E-state index contributed by atoms with van der Waals surface area (Å²) in [5, 5.41) is 43.0. The topological polar surface area (TPSA) is 128 Å². The fourth-order valence-electron chi connectivity index (χ4n) is 4.57. The van der Waals surface area contributed by atoms with Crippen LogP contribution in [0.25, 0.3) is 38.5 Å². The molecule has 0 aliphatic heterocycles. The van der Waals surface area contributed by atoms with Crippen LogP contribution >= 0.6 is 0 Å². The molecule has 1 aliphatic rings. The molecule has 0 radical (unpaired) electrons. The summed E-state index contributed by atoms with van der Waals surface area (Å²) in [5.74, 6) is -2.07. The van der Waals surface area contributed by atoms with E-state index in [1.165, 1.54) is 25.1 Å². The van der Waals surface area contributed by atoms with Crippen molar-refractivity contribution in [3.8, 4) is 11.5 Å². The van der Waals surface area contributed by atoms with E-state index >= 15 is 0 Å². The van der Waals surface area contributed by atoms with Crippen molar-refractivity contribution in [2.75, 3.05) is 0 Å². The summed E-state index contributed by atoms with van der Waals surface area (Å²) in [6, 6.07) is 5.64. The van der Waals surface area contributed by atoms with Crippen molar-refractivity contribution < 1.29 is 24.8 Å². The molecule has 0 spiro atoms. The first kappa shape index (κ1) is 17.5. The van der Waals surface area contributed by atoms with Crippen molar-refractivity contribution in [2.45, 2.75) is 25.9 Å². The molecule has 5 rings (SSSR count). The van der Waals surface area contributed by atoms with Gasteiger partial charge in [-0.25, -0.2) is 0 Å². The smallest absolute Gasteiger partial charge is 0.193 e. The van der Waals surface area contributed by atoms with Gasteiger partial charge in [0.2, 0.25) is 0 Å². The van der Waals surface area contributed by atoms with E-state index in [0.717, 1.165) is 0 Å². The molecular formula is C22H16O7. The molecule has 146 valence electrons. The van der Waals surface area contributed by atoms with Crippen LogP contribution < -0.4 is 16.1 Å². The Morgan fingerprint density at radius 3 is 2.34 bits per heavy atom. The maximum atomic E-state index is 12.9. The number of aliphatic hydroxyl groups excluding tert-OH is 2. The molecule has 7 heteroatoms. The van der Waals surface area contributed by atoms with Gasteiger partial charge in [0.25, 0.3) is 0 Å². The zero-order valence-corrected chi connectivity index (χ0v) is 15.5. The highest BCUT2D eigenvalue weighted by atomic mass is 16.3. The van der Waals surface area contributed by atoms with Crippen LogP contribution in [0.15, 0.2) is 38.3 Å². The average molecular weight is 392 g/mol. The predicted octanol–water partition coefficient (Wildman–Crippen LogP) is 2.43. The van der Waals surface area contributed by atoms with Crippen LogP contribution in [-0.4, -0.2) is 20.4 Å². The first-order chi connectivity index (χ1) is 13.7. The Balaban J connectivity index is 2.27. The third-order valence-corrected chi connectivity index (χ3v) is 5.82. The Morgan fingerprint density at radius 1 is 0.931 bits per heavy atom. The Kier molecular flexibility index (Phi) is 3.31. The molecule has 4 N–H and O–H groups in total. The fraction of sp³-hybridized carbons (Fsp3) is 0.182. The molecule has 0 bridgehead atoms. The van der Waals surface area contributed by atoms with Crippen molar-refractivity contribution in [3.05, 3.63) is 61.1 Å². The quantitative estimate of drug-likeness (QED) is 0.267. The lowest BCUT2D eigenvalue weighted by atomic mass is 9.77. The first-order valence-corrected chi connectivity index (χ1v) is 9.05. The molecule has 3 aromatic carbocycles. The predicted molar refractivity (Wildman–Crippen MR) is 107 cm³/mol. The molecule has 1 aliphatic carbocycles. The zero-order valence-electron chi connectivity index (χ0n) is 15.5. The van der Waals surface area contributed by atoms with E-state index in [-0.39, 0.29) is 49.3 Å². The second-order valence-electron chi connectivity index (χ2n) is 7.45. The van der Waals surface area contributed by atoms with Gasteiger partial charge in [-0.05, 0) is 19.1 Å². The number of hydrogen-bond acceptors (Lipinski definition) is 7. The summed E-state index contributed by atoms with van der Waals surface area (Å²) in [5.41, 5.74) is -0.0292. The first-order valence-electron chi connectivity index (χ1n) is 9.05. The second-order valence-corrected chi connectivity index (χ2v) is 7.45. The molecule has 4 aromatic rings. The van der Waals surface area contributed by atoms with E-state index in [0.29, 0.717) is 10.9 Å². The Labute approximate surface area is 162 Å². The fourth-order valence-corrected chi connectivity index (χ4v) is 4.57. The van der Waals surface area contributed by atoms with Crippen molar-refractivity contribution >= 4 is 38.5 Å². The number of fused-ring (bicyclic) bond motifs is 2. The summed E-state index contributed by atoms with van der Waals surface area (Å²) < 4.78 is 5.80. The summed E-state index contributed by atoms with van der Waals surface area (Å²) in [7, 11) is 0. The van der Waals surface area contributed by atoms with Gasteiger partial charge in [-0.1, -0.05) is 13.0 Å². The van der Waals surface area contributed by atoms with E-state index in [1.807, 2.05) is 0 Å². The maximum Gasteiger partial charge on any atom is 0.193 e. The Morgan fingerprint density at radius 2 is 1.66 bits per heavy atom. The highest BCUT2D eigenvalue weighted by Gasteiger charge is 2.36. The number of benzene rings is 3. The molecule has 2 atom stereocenters. The second kappa shape index (κ2) is 5.48. The van der Waals surface area contributed by atoms with E-state index in [1.54, 1.807) is 13.0 Å². The maximum absolute atomic E-state index is 12.9. The number of hydrogen-bond donors (Lipinski definition) is 4. The van der Waals surface area contributed by atoms with Gasteiger partial charge in [0.15, 0.2) is 10.9 Å². The molecule has 7 nitrogen and oxygen atoms in total. The molecule has 0 amide bonds. The highest BCUT2D eigenvalue weighted by molar-refractivity contribution is 6.16.